The minimum atomic E-state index is -0.376. The highest BCUT2D eigenvalue weighted by Gasteiger charge is 2.06. The van der Waals surface area contributed by atoms with Gasteiger partial charge in [-0.25, -0.2) is 4.68 Å². The first-order chi connectivity index (χ1) is 15.6. The van der Waals surface area contributed by atoms with E-state index in [9.17, 15) is 9.59 Å². The van der Waals surface area contributed by atoms with E-state index in [2.05, 4.69) is 15.7 Å². The van der Waals surface area contributed by atoms with Gasteiger partial charge in [0.1, 0.15) is 0 Å². The molecule has 0 saturated carbocycles. The van der Waals surface area contributed by atoms with Crippen LogP contribution in [-0.2, 0) is 9.59 Å². The number of anilines is 1. The van der Waals surface area contributed by atoms with Crippen molar-refractivity contribution in [2.24, 2.45) is 0 Å². The van der Waals surface area contributed by atoms with Gasteiger partial charge in [-0.05, 0) is 60.5 Å². The monoisotopic (exact) mass is 434 g/mol. The maximum atomic E-state index is 12.1. The Morgan fingerprint density at radius 1 is 1.12 bits per heavy atom. The van der Waals surface area contributed by atoms with Crippen molar-refractivity contribution in [2.75, 3.05) is 25.6 Å². The molecule has 0 spiro atoms. The topological polar surface area (TPSA) is 94.5 Å². The number of methoxy groups -OCH3 is 1. The number of carbonyl (C=O) groups is 2. The second-order valence-electron chi connectivity index (χ2n) is 6.86. The van der Waals surface area contributed by atoms with Crippen LogP contribution < -0.4 is 20.1 Å². The maximum absolute atomic E-state index is 12.1. The van der Waals surface area contributed by atoms with Crippen molar-refractivity contribution < 1.29 is 19.1 Å². The maximum Gasteiger partial charge on any atom is 0.244 e. The Kier molecular flexibility index (Phi) is 8.02. The molecule has 8 nitrogen and oxygen atoms in total. The van der Waals surface area contributed by atoms with Crippen LogP contribution in [0.5, 0.6) is 11.5 Å². The van der Waals surface area contributed by atoms with Crippen molar-refractivity contribution in [1.29, 1.82) is 0 Å². The first-order valence-corrected chi connectivity index (χ1v) is 10.3. The van der Waals surface area contributed by atoms with Crippen LogP contribution in [0.15, 0.2) is 67.0 Å². The lowest BCUT2D eigenvalue weighted by atomic mass is 10.2. The predicted molar refractivity (Wildman–Crippen MR) is 123 cm³/mol. The smallest absolute Gasteiger partial charge is 0.244 e. The third-order valence-corrected chi connectivity index (χ3v) is 4.42. The summed E-state index contributed by atoms with van der Waals surface area (Å²) in [5.74, 6) is 0.557. The minimum absolute atomic E-state index is 0.142. The molecule has 3 aromatic rings. The van der Waals surface area contributed by atoms with Gasteiger partial charge in [0, 0.05) is 24.2 Å². The van der Waals surface area contributed by atoms with Gasteiger partial charge in [0.05, 0.1) is 25.9 Å². The number of carbonyl (C=O) groups excluding carboxylic acids is 2. The summed E-state index contributed by atoms with van der Waals surface area (Å²) < 4.78 is 12.7. The van der Waals surface area contributed by atoms with Gasteiger partial charge in [0.25, 0.3) is 0 Å². The molecule has 0 bridgehead atoms. The first-order valence-electron chi connectivity index (χ1n) is 10.3. The fraction of sp³-hybridized carbons (Fsp3) is 0.208. The van der Waals surface area contributed by atoms with Crippen LogP contribution in [0, 0.1) is 0 Å². The van der Waals surface area contributed by atoms with E-state index in [0.29, 0.717) is 23.8 Å². The van der Waals surface area contributed by atoms with Crippen LogP contribution in [0.25, 0.3) is 11.8 Å². The van der Waals surface area contributed by atoms with Crippen LogP contribution in [0.2, 0.25) is 0 Å². The van der Waals surface area contributed by atoms with Gasteiger partial charge in [-0.3, -0.25) is 9.59 Å². The van der Waals surface area contributed by atoms with Gasteiger partial charge < -0.3 is 20.1 Å². The molecule has 0 unspecified atom stereocenters. The van der Waals surface area contributed by atoms with Gasteiger partial charge >= 0.3 is 0 Å². The Hall–Kier alpha value is -4.07. The van der Waals surface area contributed by atoms with Gasteiger partial charge in [-0.15, -0.1) is 0 Å². The summed E-state index contributed by atoms with van der Waals surface area (Å²) >= 11 is 0. The zero-order chi connectivity index (χ0) is 22.8. The number of amides is 2. The summed E-state index contributed by atoms with van der Waals surface area (Å²) in [4.78, 5) is 24.2. The van der Waals surface area contributed by atoms with Crippen molar-refractivity contribution in [3.8, 4) is 17.2 Å². The number of aromatic nitrogens is 2. The summed E-state index contributed by atoms with van der Waals surface area (Å²) in [6.45, 7) is 2.49. The first kappa shape index (κ1) is 22.6. The lowest BCUT2D eigenvalue weighted by Gasteiger charge is -2.10. The summed E-state index contributed by atoms with van der Waals surface area (Å²) in [6.07, 6.45) is 7.44. The molecule has 2 amide bonds. The number of benzene rings is 2. The quantitative estimate of drug-likeness (QED) is 0.477. The number of hydrogen-bond acceptors (Lipinski definition) is 5. The Morgan fingerprint density at radius 3 is 2.62 bits per heavy atom. The number of nitrogens with zero attached hydrogens (tertiary/aromatic N) is 2. The van der Waals surface area contributed by atoms with Crippen LogP contribution in [-0.4, -0.2) is 41.9 Å². The van der Waals surface area contributed by atoms with Gasteiger partial charge in [-0.2, -0.15) is 5.10 Å². The largest absolute Gasteiger partial charge is 0.493 e. The van der Waals surface area contributed by atoms with Gasteiger partial charge in [0.2, 0.25) is 11.8 Å². The molecule has 2 aromatic carbocycles. The van der Waals surface area contributed by atoms with E-state index in [1.807, 2.05) is 37.4 Å². The molecule has 8 heteroatoms. The van der Waals surface area contributed by atoms with E-state index in [-0.39, 0.29) is 18.4 Å². The van der Waals surface area contributed by atoms with E-state index in [1.165, 1.54) is 6.08 Å². The third kappa shape index (κ3) is 6.46. The Labute approximate surface area is 186 Å². The molecule has 0 atom stereocenters. The van der Waals surface area contributed by atoms with Crippen molar-refractivity contribution in [2.45, 2.75) is 13.3 Å². The van der Waals surface area contributed by atoms with E-state index < -0.39 is 0 Å². The second-order valence-corrected chi connectivity index (χ2v) is 6.86. The summed E-state index contributed by atoms with van der Waals surface area (Å²) in [5.41, 5.74) is 2.30. The van der Waals surface area contributed by atoms with E-state index >= 15 is 0 Å². The van der Waals surface area contributed by atoms with Crippen molar-refractivity contribution in [3.05, 3.63) is 72.6 Å². The zero-order valence-electron chi connectivity index (χ0n) is 18.1. The molecule has 2 N–H and O–H groups in total. The molecule has 1 aromatic heterocycles. The fourth-order valence-electron chi connectivity index (χ4n) is 2.84. The number of hydrogen-bond donors (Lipinski definition) is 2. The molecule has 0 aliphatic rings. The number of nitrogens with one attached hydrogen (secondary N) is 2. The van der Waals surface area contributed by atoms with Crippen LogP contribution >= 0.6 is 0 Å². The molecular weight excluding hydrogens is 408 g/mol. The summed E-state index contributed by atoms with van der Waals surface area (Å²) in [7, 11) is 1.57. The lowest BCUT2D eigenvalue weighted by Crippen LogP contribution is -2.31. The Bertz CT molecular complexity index is 1060. The average molecular weight is 434 g/mol. The molecular formula is C24H26N4O4. The standard InChI is InChI=1S/C24H26N4O4/c1-3-15-32-21-11-5-18(16-22(21)31-2)6-12-23(29)25-17-24(30)27-19-7-9-20(10-8-19)28-14-4-13-26-28/h4-14,16H,3,15,17H2,1-2H3,(H,25,29)(H,27,30)/b12-6+. The highest BCUT2D eigenvalue weighted by atomic mass is 16.5. The minimum Gasteiger partial charge on any atom is -0.493 e. The molecule has 0 radical (unpaired) electrons. The highest BCUT2D eigenvalue weighted by Crippen LogP contribution is 2.28. The van der Waals surface area contributed by atoms with Gasteiger partial charge in [-0.1, -0.05) is 13.0 Å². The lowest BCUT2D eigenvalue weighted by molar-refractivity contribution is -0.121. The molecule has 32 heavy (non-hydrogen) atoms. The SMILES string of the molecule is CCCOc1ccc(/C=C/C(=O)NCC(=O)Nc2ccc(-n3cccn3)cc2)cc1OC. The van der Waals surface area contributed by atoms with E-state index in [0.717, 1.165) is 17.7 Å². The number of rotatable bonds is 10. The molecule has 1 heterocycles. The highest BCUT2D eigenvalue weighted by molar-refractivity contribution is 5.98. The Morgan fingerprint density at radius 2 is 1.94 bits per heavy atom. The Balaban J connectivity index is 1.47. The van der Waals surface area contributed by atoms with Crippen LogP contribution in [0.4, 0.5) is 5.69 Å². The molecule has 0 saturated heterocycles. The molecule has 0 fully saturated rings. The molecule has 3 rings (SSSR count). The van der Waals surface area contributed by atoms with Crippen LogP contribution in [0.3, 0.4) is 0 Å². The summed E-state index contributed by atoms with van der Waals surface area (Å²) in [6, 6.07) is 14.5. The third-order valence-electron chi connectivity index (χ3n) is 4.42. The zero-order valence-corrected chi connectivity index (χ0v) is 18.1. The van der Waals surface area contributed by atoms with Gasteiger partial charge in [0.15, 0.2) is 11.5 Å². The average Bonchev–Trinajstić information content (AvgIpc) is 3.36. The van der Waals surface area contributed by atoms with Crippen LogP contribution in [0.1, 0.15) is 18.9 Å². The van der Waals surface area contributed by atoms with E-state index in [1.54, 1.807) is 48.3 Å². The molecule has 166 valence electrons. The van der Waals surface area contributed by atoms with E-state index in [4.69, 9.17) is 9.47 Å². The fourth-order valence-corrected chi connectivity index (χ4v) is 2.84. The number of ether oxygens (including phenoxy) is 2. The normalized spacial score (nSPS) is 10.7. The second kappa shape index (κ2) is 11.4. The summed E-state index contributed by atoms with van der Waals surface area (Å²) in [5, 5.41) is 9.46. The van der Waals surface area contributed by atoms with Crippen molar-refractivity contribution in [1.82, 2.24) is 15.1 Å². The predicted octanol–water partition coefficient (Wildman–Crippen LogP) is 3.44. The van der Waals surface area contributed by atoms with Crippen molar-refractivity contribution >= 4 is 23.6 Å². The molecule has 0 aliphatic heterocycles. The van der Waals surface area contributed by atoms with Crippen molar-refractivity contribution in [3.63, 3.8) is 0 Å². The molecule has 0 aliphatic carbocycles.